The lowest BCUT2D eigenvalue weighted by atomic mass is 10.1. The Balaban J connectivity index is 1.86. The van der Waals surface area contributed by atoms with Crippen LogP contribution in [0.15, 0.2) is 48.5 Å². The molecule has 0 saturated carbocycles. The summed E-state index contributed by atoms with van der Waals surface area (Å²) in [5.74, 6) is -0.323. The number of halogens is 1. The first kappa shape index (κ1) is 26.0. The summed E-state index contributed by atoms with van der Waals surface area (Å²) in [6.45, 7) is 2.68. The lowest BCUT2D eigenvalue weighted by molar-refractivity contribution is -0.119. The van der Waals surface area contributed by atoms with E-state index in [2.05, 4.69) is 22.9 Å². The fourth-order valence-electron chi connectivity index (χ4n) is 2.87. The molecule has 0 bridgehead atoms. The predicted molar refractivity (Wildman–Crippen MR) is 128 cm³/mol. The highest BCUT2D eigenvalue weighted by atomic mass is 35.5. The minimum Gasteiger partial charge on any atom is -0.447 e. The van der Waals surface area contributed by atoms with Crippen molar-refractivity contribution in [2.24, 2.45) is 5.73 Å². The van der Waals surface area contributed by atoms with E-state index in [1.165, 1.54) is 4.90 Å². The Morgan fingerprint density at radius 3 is 2.42 bits per heavy atom. The second kappa shape index (κ2) is 14.0. The maximum atomic E-state index is 12.7. The quantitative estimate of drug-likeness (QED) is 0.397. The van der Waals surface area contributed by atoms with Crippen molar-refractivity contribution in [3.63, 3.8) is 0 Å². The molecule has 0 aromatic heterocycles. The van der Waals surface area contributed by atoms with E-state index in [4.69, 9.17) is 22.1 Å². The Morgan fingerprint density at radius 1 is 1.03 bits per heavy atom. The largest absolute Gasteiger partial charge is 0.447 e. The molecule has 0 saturated heterocycles. The van der Waals surface area contributed by atoms with Crippen LogP contribution < -0.4 is 21.7 Å². The molecule has 2 rings (SSSR count). The average Bonchev–Trinajstić information content (AvgIpc) is 2.82. The van der Waals surface area contributed by atoms with Crippen LogP contribution in [-0.2, 0) is 22.5 Å². The van der Waals surface area contributed by atoms with Crippen LogP contribution >= 0.6 is 11.6 Å². The van der Waals surface area contributed by atoms with Gasteiger partial charge in [-0.3, -0.25) is 10.1 Å². The molecule has 0 fully saturated rings. The summed E-state index contributed by atoms with van der Waals surface area (Å²) in [6, 6.07) is 14.3. The molecule has 0 spiro atoms. The van der Waals surface area contributed by atoms with E-state index in [1.807, 2.05) is 24.3 Å². The van der Waals surface area contributed by atoms with E-state index in [-0.39, 0.29) is 51.3 Å². The third kappa shape index (κ3) is 9.38. The third-order valence-electron chi connectivity index (χ3n) is 4.77. The maximum Gasteiger partial charge on any atom is 0.411 e. The fourth-order valence-corrected chi connectivity index (χ4v) is 3.07. The van der Waals surface area contributed by atoms with Gasteiger partial charge in [0.2, 0.25) is 5.91 Å². The average molecular weight is 476 g/mol. The minimum absolute atomic E-state index is 0.0246. The van der Waals surface area contributed by atoms with Gasteiger partial charge in [-0.1, -0.05) is 48.9 Å². The number of ether oxygens (including phenoxy) is 1. The van der Waals surface area contributed by atoms with Gasteiger partial charge < -0.3 is 26.0 Å². The molecule has 2 aromatic carbocycles. The number of anilines is 1. The molecule has 4 amide bonds. The number of nitrogens with zero attached hydrogens (tertiary/aromatic N) is 1. The molecule has 178 valence electrons. The van der Waals surface area contributed by atoms with Gasteiger partial charge >= 0.3 is 12.1 Å². The van der Waals surface area contributed by atoms with Crippen LogP contribution in [0.3, 0.4) is 0 Å². The normalized spacial score (nSPS) is 10.3. The number of nitrogens with two attached hydrogens (primary N) is 1. The summed E-state index contributed by atoms with van der Waals surface area (Å²) in [5.41, 5.74) is 7.84. The van der Waals surface area contributed by atoms with Crippen molar-refractivity contribution < 1.29 is 19.1 Å². The third-order valence-corrected chi connectivity index (χ3v) is 5.14. The Hall–Kier alpha value is -3.30. The molecule has 0 aliphatic carbocycles. The SMILES string of the molecule is CCc1ccc(NC(=O)OCCN(CCNC(=O)CN)C(=O)NCc2ccccc2Cl)cc1. The lowest BCUT2D eigenvalue weighted by Crippen LogP contribution is -2.46. The first-order valence-electron chi connectivity index (χ1n) is 10.7. The van der Waals surface area contributed by atoms with Gasteiger partial charge in [-0.15, -0.1) is 0 Å². The van der Waals surface area contributed by atoms with Gasteiger partial charge in [0.25, 0.3) is 0 Å². The number of carbonyl (C=O) groups excluding carboxylic acids is 3. The van der Waals surface area contributed by atoms with Gasteiger partial charge in [-0.05, 0) is 35.7 Å². The van der Waals surface area contributed by atoms with Crippen LogP contribution in [0, 0.1) is 0 Å². The molecule has 33 heavy (non-hydrogen) atoms. The minimum atomic E-state index is -0.618. The summed E-state index contributed by atoms with van der Waals surface area (Å²) < 4.78 is 5.21. The fraction of sp³-hybridized carbons (Fsp3) is 0.348. The van der Waals surface area contributed by atoms with Crippen LogP contribution in [0.4, 0.5) is 15.3 Å². The summed E-state index contributed by atoms with van der Waals surface area (Å²) in [4.78, 5) is 37.6. The van der Waals surface area contributed by atoms with Crippen molar-refractivity contribution in [3.05, 3.63) is 64.7 Å². The second-order valence-electron chi connectivity index (χ2n) is 7.10. The molecule has 0 aliphatic rings. The Bertz CT molecular complexity index is 923. The predicted octanol–water partition coefficient (Wildman–Crippen LogP) is 2.74. The molecule has 2 aromatic rings. The topological polar surface area (TPSA) is 126 Å². The standard InChI is InChI=1S/C23H30ClN5O4/c1-2-17-7-9-19(10-8-17)28-23(32)33-14-13-29(12-11-26-21(30)15-25)22(31)27-16-18-5-3-4-6-20(18)24/h3-10H,2,11-16,25H2,1H3,(H,26,30)(H,27,31)(H,28,32). The smallest absolute Gasteiger partial charge is 0.411 e. The molecular weight excluding hydrogens is 446 g/mol. The van der Waals surface area contributed by atoms with E-state index < -0.39 is 6.09 Å². The van der Waals surface area contributed by atoms with Gasteiger partial charge in [-0.2, -0.15) is 0 Å². The summed E-state index contributed by atoms with van der Waals surface area (Å²) in [7, 11) is 0. The summed E-state index contributed by atoms with van der Waals surface area (Å²) in [5, 5.41) is 8.60. The number of rotatable bonds is 11. The number of urea groups is 1. The first-order chi connectivity index (χ1) is 15.9. The van der Waals surface area contributed by atoms with Gasteiger partial charge in [0, 0.05) is 30.3 Å². The molecule has 5 N–H and O–H groups in total. The van der Waals surface area contributed by atoms with Gasteiger partial charge in [0.05, 0.1) is 13.1 Å². The van der Waals surface area contributed by atoms with Crippen molar-refractivity contribution in [2.75, 3.05) is 38.1 Å². The molecule has 0 atom stereocenters. The van der Waals surface area contributed by atoms with E-state index in [0.29, 0.717) is 10.7 Å². The lowest BCUT2D eigenvalue weighted by Gasteiger charge is -2.23. The molecule has 0 heterocycles. The van der Waals surface area contributed by atoms with Crippen molar-refractivity contribution >= 4 is 35.3 Å². The zero-order chi connectivity index (χ0) is 24.1. The van der Waals surface area contributed by atoms with Crippen LogP contribution in [-0.4, -0.2) is 55.7 Å². The van der Waals surface area contributed by atoms with Crippen LogP contribution in [0.2, 0.25) is 5.02 Å². The molecule has 0 aliphatic heterocycles. The van der Waals surface area contributed by atoms with Crippen molar-refractivity contribution in [1.29, 1.82) is 0 Å². The Kier molecular flexibility index (Phi) is 11.0. The van der Waals surface area contributed by atoms with Crippen molar-refractivity contribution in [1.82, 2.24) is 15.5 Å². The highest BCUT2D eigenvalue weighted by Crippen LogP contribution is 2.14. The molecule has 0 radical (unpaired) electrons. The van der Waals surface area contributed by atoms with Gasteiger partial charge in [0.1, 0.15) is 6.61 Å². The number of amides is 4. The number of aryl methyl sites for hydroxylation is 1. The van der Waals surface area contributed by atoms with E-state index in [9.17, 15) is 14.4 Å². The highest BCUT2D eigenvalue weighted by molar-refractivity contribution is 6.31. The molecular formula is C23H30ClN5O4. The van der Waals surface area contributed by atoms with Gasteiger partial charge in [-0.25, -0.2) is 9.59 Å². The van der Waals surface area contributed by atoms with Gasteiger partial charge in [0.15, 0.2) is 0 Å². The number of benzene rings is 2. The van der Waals surface area contributed by atoms with E-state index in [0.717, 1.165) is 17.5 Å². The molecule has 0 unspecified atom stereocenters. The summed E-state index contributed by atoms with van der Waals surface area (Å²) in [6.07, 6.45) is 0.289. The number of carbonyl (C=O) groups is 3. The van der Waals surface area contributed by atoms with Crippen molar-refractivity contribution in [2.45, 2.75) is 19.9 Å². The second-order valence-corrected chi connectivity index (χ2v) is 7.51. The highest BCUT2D eigenvalue weighted by Gasteiger charge is 2.15. The van der Waals surface area contributed by atoms with Crippen LogP contribution in [0.5, 0.6) is 0 Å². The zero-order valence-electron chi connectivity index (χ0n) is 18.6. The summed E-state index contributed by atoms with van der Waals surface area (Å²) >= 11 is 6.13. The first-order valence-corrected chi connectivity index (χ1v) is 11.1. The van der Waals surface area contributed by atoms with Crippen LogP contribution in [0.25, 0.3) is 0 Å². The Morgan fingerprint density at radius 2 is 1.76 bits per heavy atom. The molecule has 9 nitrogen and oxygen atoms in total. The monoisotopic (exact) mass is 475 g/mol. The zero-order valence-corrected chi connectivity index (χ0v) is 19.4. The van der Waals surface area contributed by atoms with Crippen LogP contribution in [0.1, 0.15) is 18.1 Å². The van der Waals surface area contributed by atoms with E-state index >= 15 is 0 Å². The Labute approximate surface area is 198 Å². The maximum absolute atomic E-state index is 12.7. The van der Waals surface area contributed by atoms with Crippen molar-refractivity contribution in [3.8, 4) is 0 Å². The van der Waals surface area contributed by atoms with E-state index in [1.54, 1.807) is 24.3 Å². The molecule has 10 heteroatoms. The number of nitrogens with one attached hydrogen (secondary N) is 3. The number of hydrogen-bond acceptors (Lipinski definition) is 5. The number of hydrogen-bond donors (Lipinski definition) is 4.